The fourth-order valence-electron chi connectivity index (χ4n) is 2.60. The van der Waals surface area contributed by atoms with Crippen molar-refractivity contribution >= 4 is 28.7 Å². The summed E-state index contributed by atoms with van der Waals surface area (Å²) in [6.45, 7) is 0. The molecule has 0 aliphatic heterocycles. The van der Waals surface area contributed by atoms with Crippen LogP contribution in [0.4, 0.5) is 11.4 Å². The third kappa shape index (κ3) is 2.75. The summed E-state index contributed by atoms with van der Waals surface area (Å²) >= 11 is 5.38. The van der Waals surface area contributed by atoms with Crippen LogP contribution in [0.5, 0.6) is 0 Å². The Hall–Kier alpha value is -2.07. The lowest BCUT2D eigenvalue weighted by Crippen LogP contribution is -2.31. The van der Waals surface area contributed by atoms with Crippen molar-refractivity contribution in [1.29, 1.82) is 0 Å². The van der Waals surface area contributed by atoms with E-state index in [1.165, 1.54) is 11.1 Å². The number of nitrogens with one attached hydrogen (secondary N) is 2. The van der Waals surface area contributed by atoms with Crippen LogP contribution in [0.25, 0.3) is 0 Å². The number of hydrogen-bond donors (Lipinski definition) is 3. The fourth-order valence-corrected chi connectivity index (χ4v) is 2.86. The first-order valence-electron chi connectivity index (χ1n) is 6.73. The first-order valence-corrected chi connectivity index (χ1v) is 7.14. The minimum atomic E-state index is 0.306. The van der Waals surface area contributed by atoms with Gasteiger partial charge in [0.2, 0.25) is 0 Å². The highest BCUT2D eigenvalue weighted by Gasteiger charge is 2.22. The third-order valence-electron chi connectivity index (χ3n) is 3.61. The summed E-state index contributed by atoms with van der Waals surface area (Å²) in [6, 6.07) is 16.4. The molecule has 1 atom stereocenters. The first-order chi connectivity index (χ1) is 9.72. The van der Waals surface area contributed by atoms with Gasteiger partial charge in [0, 0.05) is 11.4 Å². The molecular formula is C16H17N3S. The molecule has 3 rings (SSSR count). The van der Waals surface area contributed by atoms with E-state index < -0.39 is 0 Å². The SMILES string of the molecule is Nc1ccc(NC(=S)NC2CCc3ccccc32)cc1. The molecule has 4 N–H and O–H groups in total. The molecular weight excluding hydrogens is 266 g/mol. The van der Waals surface area contributed by atoms with Gasteiger partial charge in [-0.3, -0.25) is 0 Å². The third-order valence-corrected chi connectivity index (χ3v) is 3.83. The quantitative estimate of drug-likeness (QED) is 0.585. The topological polar surface area (TPSA) is 50.1 Å². The van der Waals surface area contributed by atoms with Gasteiger partial charge in [0.25, 0.3) is 0 Å². The molecule has 4 heteroatoms. The molecule has 0 heterocycles. The van der Waals surface area contributed by atoms with E-state index in [2.05, 4.69) is 34.9 Å². The van der Waals surface area contributed by atoms with Gasteiger partial charge in [-0.25, -0.2) is 0 Å². The molecule has 0 fully saturated rings. The molecule has 2 aromatic carbocycles. The molecule has 0 aromatic heterocycles. The molecule has 0 saturated heterocycles. The largest absolute Gasteiger partial charge is 0.399 e. The Morgan fingerprint density at radius 1 is 1.10 bits per heavy atom. The molecule has 1 unspecified atom stereocenters. The van der Waals surface area contributed by atoms with Crippen molar-refractivity contribution in [2.45, 2.75) is 18.9 Å². The van der Waals surface area contributed by atoms with Crippen LogP contribution in [0.1, 0.15) is 23.6 Å². The second kappa shape index (κ2) is 5.51. The minimum absolute atomic E-state index is 0.306. The minimum Gasteiger partial charge on any atom is -0.399 e. The summed E-state index contributed by atoms with van der Waals surface area (Å²) in [5, 5.41) is 7.23. The second-order valence-corrected chi connectivity index (χ2v) is 5.42. The van der Waals surface area contributed by atoms with Gasteiger partial charge in [0.15, 0.2) is 5.11 Å². The summed E-state index contributed by atoms with van der Waals surface area (Å²) in [5.41, 5.74) is 10.1. The molecule has 0 spiro atoms. The Morgan fingerprint density at radius 3 is 2.65 bits per heavy atom. The number of benzene rings is 2. The number of rotatable bonds is 2. The van der Waals surface area contributed by atoms with Crippen molar-refractivity contribution in [3.8, 4) is 0 Å². The van der Waals surface area contributed by atoms with Gasteiger partial charge >= 0.3 is 0 Å². The molecule has 0 amide bonds. The van der Waals surface area contributed by atoms with E-state index in [-0.39, 0.29) is 0 Å². The number of fused-ring (bicyclic) bond motifs is 1. The molecule has 1 aliphatic carbocycles. The fraction of sp³-hybridized carbons (Fsp3) is 0.188. The Balaban J connectivity index is 1.64. The lowest BCUT2D eigenvalue weighted by atomic mass is 10.1. The van der Waals surface area contributed by atoms with Crippen LogP contribution in [0.15, 0.2) is 48.5 Å². The van der Waals surface area contributed by atoms with Crippen LogP contribution in [0.2, 0.25) is 0 Å². The van der Waals surface area contributed by atoms with Crippen molar-refractivity contribution < 1.29 is 0 Å². The molecule has 2 aromatic rings. The number of thiocarbonyl (C=S) groups is 1. The highest BCUT2D eigenvalue weighted by atomic mass is 32.1. The highest BCUT2D eigenvalue weighted by Crippen LogP contribution is 2.30. The maximum atomic E-state index is 5.67. The molecule has 3 nitrogen and oxygen atoms in total. The molecule has 20 heavy (non-hydrogen) atoms. The first kappa shape index (κ1) is 12.9. The van der Waals surface area contributed by atoms with E-state index in [1.807, 2.05) is 24.3 Å². The van der Waals surface area contributed by atoms with Crippen molar-refractivity contribution in [3.63, 3.8) is 0 Å². The molecule has 0 radical (unpaired) electrons. The van der Waals surface area contributed by atoms with Gasteiger partial charge in [0.05, 0.1) is 6.04 Å². The Morgan fingerprint density at radius 2 is 1.85 bits per heavy atom. The number of nitrogen functional groups attached to an aromatic ring is 1. The van der Waals surface area contributed by atoms with Crippen molar-refractivity contribution in [2.24, 2.45) is 0 Å². The van der Waals surface area contributed by atoms with Gasteiger partial charge in [-0.1, -0.05) is 24.3 Å². The van der Waals surface area contributed by atoms with Gasteiger partial charge in [-0.2, -0.15) is 0 Å². The normalized spacial score (nSPS) is 16.5. The maximum Gasteiger partial charge on any atom is 0.171 e. The summed E-state index contributed by atoms with van der Waals surface area (Å²) in [4.78, 5) is 0. The zero-order chi connectivity index (χ0) is 13.9. The predicted octanol–water partition coefficient (Wildman–Crippen LogP) is 3.24. The van der Waals surface area contributed by atoms with Gasteiger partial charge in [-0.05, 0) is 60.5 Å². The van der Waals surface area contributed by atoms with Gasteiger partial charge in [-0.15, -0.1) is 0 Å². The van der Waals surface area contributed by atoms with Crippen LogP contribution in [0, 0.1) is 0 Å². The average Bonchev–Trinajstić information content (AvgIpc) is 2.85. The van der Waals surface area contributed by atoms with E-state index in [9.17, 15) is 0 Å². The number of aryl methyl sites for hydroxylation is 1. The van der Waals surface area contributed by atoms with E-state index in [0.717, 1.165) is 24.2 Å². The summed E-state index contributed by atoms with van der Waals surface area (Å²) < 4.78 is 0. The Labute approximate surface area is 124 Å². The Kier molecular flexibility index (Phi) is 3.56. The molecule has 1 aliphatic rings. The average molecular weight is 283 g/mol. The van der Waals surface area contributed by atoms with E-state index in [0.29, 0.717) is 11.2 Å². The zero-order valence-electron chi connectivity index (χ0n) is 11.1. The van der Waals surface area contributed by atoms with Crippen LogP contribution < -0.4 is 16.4 Å². The summed E-state index contributed by atoms with van der Waals surface area (Å²) in [5.74, 6) is 0. The van der Waals surface area contributed by atoms with E-state index in [1.54, 1.807) is 0 Å². The lowest BCUT2D eigenvalue weighted by Gasteiger charge is -2.17. The van der Waals surface area contributed by atoms with Crippen molar-refractivity contribution in [1.82, 2.24) is 5.32 Å². The van der Waals surface area contributed by atoms with E-state index in [4.69, 9.17) is 18.0 Å². The summed E-state index contributed by atoms with van der Waals surface area (Å²) in [6.07, 6.45) is 2.20. The number of nitrogens with two attached hydrogens (primary N) is 1. The zero-order valence-corrected chi connectivity index (χ0v) is 11.9. The van der Waals surface area contributed by atoms with Gasteiger partial charge in [0.1, 0.15) is 0 Å². The highest BCUT2D eigenvalue weighted by molar-refractivity contribution is 7.80. The monoisotopic (exact) mass is 283 g/mol. The predicted molar refractivity (Wildman–Crippen MR) is 87.7 cm³/mol. The number of hydrogen-bond acceptors (Lipinski definition) is 2. The Bertz CT molecular complexity index is 622. The lowest BCUT2D eigenvalue weighted by molar-refractivity contribution is 0.644. The summed E-state index contributed by atoms with van der Waals surface area (Å²) in [7, 11) is 0. The molecule has 102 valence electrons. The molecule has 0 bridgehead atoms. The van der Waals surface area contributed by atoms with Crippen molar-refractivity contribution in [3.05, 3.63) is 59.7 Å². The standard InChI is InChI=1S/C16H17N3S/c17-12-6-8-13(9-7-12)18-16(20)19-15-10-5-11-3-1-2-4-14(11)15/h1-4,6-9,15H,5,10,17H2,(H2,18,19,20). The smallest absolute Gasteiger partial charge is 0.171 e. The maximum absolute atomic E-state index is 5.67. The van der Waals surface area contributed by atoms with Crippen LogP contribution in [-0.2, 0) is 6.42 Å². The van der Waals surface area contributed by atoms with Crippen LogP contribution in [-0.4, -0.2) is 5.11 Å². The van der Waals surface area contributed by atoms with Crippen LogP contribution >= 0.6 is 12.2 Å². The number of anilines is 2. The van der Waals surface area contributed by atoms with Gasteiger partial charge < -0.3 is 16.4 Å². The second-order valence-electron chi connectivity index (χ2n) is 5.01. The van der Waals surface area contributed by atoms with Crippen molar-refractivity contribution in [2.75, 3.05) is 11.1 Å². The van der Waals surface area contributed by atoms with E-state index >= 15 is 0 Å². The molecule has 0 saturated carbocycles. The van der Waals surface area contributed by atoms with Crippen LogP contribution in [0.3, 0.4) is 0 Å².